The van der Waals surface area contributed by atoms with Crippen molar-refractivity contribution in [3.05, 3.63) is 0 Å². The fourth-order valence-electron chi connectivity index (χ4n) is 0.972. The Balaban J connectivity index is 0.000000243. The average Bonchev–Trinajstić information content (AvgIpc) is 2.59. The lowest BCUT2D eigenvalue weighted by atomic mass is 10.1. The molecule has 78 valence electrons. The van der Waals surface area contributed by atoms with Gasteiger partial charge in [-0.2, -0.15) is 0 Å². The van der Waals surface area contributed by atoms with Crippen molar-refractivity contribution in [2.45, 2.75) is 12.8 Å². The number of ether oxygens (including phenoxy) is 1. The van der Waals surface area contributed by atoms with Crippen molar-refractivity contribution in [2.24, 2.45) is 0 Å². The third kappa shape index (κ3) is 7.32. The van der Waals surface area contributed by atoms with Crippen LogP contribution in [0.5, 0.6) is 0 Å². The summed E-state index contributed by atoms with van der Waals surface area (Å²) in [5.41, 5.74) is 0. The summed E-state index contributed by atoms with van der Waals surface area (Å²) in [5, 5.41) is 0. The standard InChI is InChI=1S/C4H12BClN2.C4H8O/c1-7(2)5(6)8(3)4;1-2-4-5-3-1/h1-4H3;1-4H2. The van der Waals surface area contributed by atoms with E-state index in [2.05, 4.69) is 0 Å². The predicted molar refractivity (Wildman–Crippen MR) is 59.0 cm³/mol. The minimum atomic E-state index is 0.00926. The van der Waals surface area contributed by atoms with Gasteiger partial charge in [-0.3, -0.25) is 0 Å². The normalized spacial score (nSPS) is 15.9. The molecule has 0 spiro atoms. The molecule has 0 unspecified atom stereocenters. The van der Waals surface area contributed by atoms with Crippen LogP contribution < -0.4 is 0 Å². The molecule has 3 nitrogen and oxygen atoms in total. The van der Waals surface area contributed by atoms with Crippen LogP contribution in [0.4, 0.5) is 0 Å². The Morgan fingerprint density at radius 2 is 1.38 bits per heavy atom. The first-order valence-electron chi connectivity index (χ1n) is 4.60. The molecular formula is C8H20BClN2O. The van der Waals surface area contributed by atoms with E-state index in [4.69, 9.17) is 16.2 Å². The van der Waals surface area contributed by atoms with Gasteiger partial charge in [0, 0.05) is 13.2 Å². The van der Waals surface area contributed by atoms with E-state index >= 15 is 0 Å². The Hall–Kier alpha value is 0.235. The van der Waals surface area contributed by atoms with Gasteiger partial charge in [0.05, 0.1) is 0 Å². The summed E-state index contributed by atoms with van der Waals surface area (Å²) >= 11 is 5.80. The Kier molecular flexibility index (Phi) is 7.76. The highest BCUT2D eigenvalue weighted by atomic mass is 35.5. The van der Waals surface area contributed by atoms with Crippen molar-refractivity contribution in [3.8, 4) is 0 Å². The van der Waals surface area contributed by atoms with E-state index in [1.807, 2.05) is 37.8 Å². The van der Waals surface area contributed by atoms with Gasteiger partial charge < -0.3 is 14.4 Å². The van der Waals surface area contributed by atoms with Gasteiger partial charge in [0.2, 0.25) is 0 Å². The van der Waals surface area contributed by atoms with Gasteiger partial charge in [0.15, 0.2) is 0 Å². The molecule has 1 fully saturated rings. The van der Waals surface area contributed by atoms with Crippen molar-refractivity contribution in [3.63, 3.8) is 0 Å². The summed E-state index contributed by atoms with van der Waals surface area (Å²) in [4.78, 5) is 3.86. The molecule has 0 aliphatic carbocycles. The topological polar surface area (TPSA) is 15.7 Å². The third-order valence-corrected chi connectivity index (χ3v) is 2.46. The number of rotatable bonds is 2. The molecule has 13 heavy (non-hydrogen) atoms. The molecular weight excluding hydrogens is 186 g/mol. The van der Waals surface area contributed by atoms with Crippen LogP contribution in [0.25, 0.3) is 0 Å². The van der Waals surface area contributed by atoms with Crippen molar-refractivity contribution in [1.29, 1.82) is 0 Å². The number of hydrogen-bond acceptors (Lipinski definition) is 3. The Morgan fingerprint density at radius 1 is 1.00 bits per heavy atom. The lowest BCUT2D eigenvalue weighted by molar-refractivity contribution is 0.198. The molecule has 1 aliphatic heterocycles. The molecule has 1 aliphatic rings. The van der Waals surface area contributed by atoms with Crippen LogP contribution in [-0.4, -0.2) is 57.4 Å². The molecule has 0 saturated carbocycles. The highest BCUT2D eigenvalue weighted by Gasteiger charge is 2.15. The van der Waals surface area contributed by atoms with Crippen LogP contribution >= 0.6 is 11.5 Å². The fourth-order valence-corrected chi connectivity index (χ4v) is 0.972. The summed E-state index contributed by atoms with van der Waals surface area (Å²) < 4.78 is 4.94. The summed E-state index contributed by atoms with van der Waals surface area (Å²) in [6.07, 6.45) is 2.56. The molecule has 0 amide bonds. The monoisotopic (exact) mass is 206 g/mol. The predicted octanol–water partition coefficient (Wildman–Crippen LogP) is 1.13. The highest BCUT2D eigenvalue weighted by molar-refractivity contribution is 7.03. The molecule has 0 bridgehead atoms. The average molecular weight is 207 g/mol. The van der Waals surface area contributed by atoms with Gasteiger partial charge in [-0.15, -0.1) is 11.5 Å². The molecule has 0 aromatic rings. The minimum absolute atomic E-state index is 0.00926. The molecule has 0 N–H and O–H groups in total. The van der Waals surface area contributed by atoms with Crippen LogP contribution in [0, 0.1) is 0 Å². The van der Waals surface area contributed by atoms with E-state index < -0.39 is 0 Å². The maximum absolute atomic E-state index is 5.80. The SMILES string of the molecule is C1CCOC1.CN(C)B(Cl)N(C)C. The van der Waals surface area contributed by atoms with Crippen molar-refractivity contribution in [1.82, 2.24) is 9.62 Å². The molecule has 0 radical (unpaired) electrons. The second kappa shape index (κ2) is 7.62. The van der Waals surface area contributed by atoms with Gasteiger partial charge in [0.25, 0.3) is 0 Å². The van der Waals surface area contributed by atoms with Gasteiger partial charge in [-0.25, -0.2) is 0 Å². The van der Waals surface area contributed by atoms with Crippen molar-refractivity contribution < 1.29 is 4.74 Å². The van der Waals surface area contributed by atoms with Gasteiger partial charge in [-0.1, -0.05) is 0 Å². The van der Waals surface area contributed by atoms with Crippen molar-refractivity contribution in [2.75, 3.05) is 41.4 Å². The van der Waals surface area contributed by atoms with Crippen LogP contribution in [0.1, 0.15) is 12.8 Å². The van der Waals surface area contributed by atoms with Gasteiger partial charge in [0.1, 0.15) is 0 Å². The van der Waals surface area contributed by atoms with E-state index in [-0.39, 0.29) is 6.40 Å². The molecule has 1 saturated heterocycles. The number of hydrogen-bond donors (Lipinski definition) is 0. The fraction of sp³-hybridized carbons (Fsp3) is 1.00. The molecule has 1 heterocycles. The van der Waals surface area contributed by atoms with Crippen LogP contribution in [0.15, 0.2) is 0 Å². The zero-order chi connectivity index (χ0) is 10.3. The molecule has 0 aromatic heterocycles. The first-order valence-corrected chi connectivity index (χ1v) is 5.04. The lowest BCUT2D eigenvalue weighted by Crippen LogP contribution is -2.40. The first kappa shape index (κ1) is 13.2. The Labute approximate surface area is 87.0 Å². The summed E-state index contributed by atoms with van der Waals surface area (Å²) in [6, 6.07) is 0. The second-order valence-corrected chi connectivity index (χ2v) is 3.95. The first-order chi connectivity index (χ1) is 6.05. The summed E-state index contributed by atoms with van der Waals surface area (Å²) in [7, 11) is 7.77. The van der Waals surface area contributed by atoms with E-state index in [0.29, 0.717) is 0 Å². The summed E-state index contributed by atoms with van der Waals surface area (Å²) in [5.74, 6) is 0. The zero-order valence-corrected chi connectivity index (χ0v) is 9.84. The third-order valence-electron chi connectivity index (χ3n) is 1.68. The molecule has 1 rings (SSSR count). The van der Waals surface area contributed by atoms with E-state index in [9.17, 15) is 0 Å². The highest BCUT2D eigenvalue weighted by Crippen LogP contribution is 1.98. The largest absolute Gasteiger partial charge is 0.418 e. The summed E-state index contributed by atoms with van der Waals surface area (Å²) in [6.45, 7) is 2.00. The number of halogens is 1. The Morgan fingerprint density at radius 3 is 1.46 bits per heavy atom. The lowest BCUT2D eigenvalue weighted by Gasteiger charge is -2.19. The van der Waals surface area contributed by atoms with Gasteiger partial charge >= 0.3 is 6.40 Å². The smallest absolute Gasteiger partial charge is 0.381 e. The molecule has 0 atom stereocenters. The van der Waals surface area contributed by atoms with E-state index in [0.717, 1.165) is 13.2 Å². The maximum atomic E-state index is 5.80. The Bertz CT molecular complexity index is 105. The van der Waals surface area contributed by atoms with Gasteiger partial charge in [-0.05, 0) is 41.0 Å². The zero-order valence-electron chi connectivity index (χ0n) is 9.09. The molecule has 5 heteroatoms. The second-order valence-electron chi connectivity index (χ2n) is 3.56. The van der Waals surface area contributed by atoms with Crippen LogP contribution in [-0.2, 0) is 4.74 Å². The molecule has 0 aromatic carbocycles. The van der Waals surface area contributed by atoms with Crippen LogP contribution in [0.3, 0.4) is 0 Å². The minimum Gasteiger partial charge on any atom is -0.381 e. The number of nitrogens with zero attached hydrogens (tertiary/aromatic N) is 2. The van der Waals surface area contributed by atoms with E-state index in [1.54, 1.807) is 0 Å². The van der Waals surface area contributed by atoms with Crippen molar-refractivity contribution >= 4 is 17.9 Å². The quantitative estimate of drug-likeness (QED) is 0.630. The van der Waals surface area contributed by atoms with Crippen LogP contribution in [0.2, 0.25) is 0 Å². The van der Waals surface area contributed by atoms with E-state index in [1.165, 1.54) is 12.8 Å². The maximum Gasteiger partial charge on any atom is 0.418 e.